The third-order valence-electron chi connectivity index (χ3n) is 5.82. The lowest BCUT2D eigenvalue weighted by molar-refractivity contribution is -0.132. The first-order valence-corrected chi connectivity index (χ1v) is 10.6. The number of hydrogen-bond acceptors (Lipinski definition) is 6. The number of aryl methyl sites for hydroxylation is 1. The van der Waals surface area contributed by atoms with E-state index >= 15 is 0 Å². The molecule has 1 atom stereocenters. The second-order valence-corrected chi connectivity index (χ2v) is 7.85. The average molecular weight is 459 g/mol. The summed E-state index contributed by atoms with van der Waals surface area (Å²) in [7, 11) is 4.53. The van der Waals surface area contributed by atoms with E-state index < -0.39 is 17.7 Å². The normalized spacial score (nSPS) is 17.1. The van der Waals surface area contributed by atoms with Gasteiger partial charge in [-0.2, -0.15) is 0 Å². The van der Waals surface area contributed by atoms with Crippen LogP contribution in [0.1, 0.15) is 22.7 Å². The van der Waals surface area contributed by atoms with Crippen molar-refractivity contribution in [2.75, 3.05) is 26.2 Å². The molecule has 4 rings (SSSR count). The van der Waals surface area contributed by atoms with Gasteiger partial charge in [0.15, 0.2) is 0 Å². The number of ether oxygens (including phenoxy) is 3. The van der Waals surface area contributed by atoms with Crippen molar-refractivity contribution in [1.82, 2.24) is 0 Å². The Hall–Kier alpha value is -4.26. The highest BCUT2D eigenvalue weighted by atomic mass is 16.5. The SMILES string of the molecule is COc1ccc(C2/C(=C(/O)c3ccc(OC)cc3OC)C(=O)C(=O)N2c2cccc(C)c2)cc1. The van der Waals surface area contributed by atoms with Crippen LogP contribution in [0.25, 0.3) is 5.76 Å². The van der Waals surface area contributed by atoms with Crippen LogP contribution in [-0.2, 0) is 9.59 Å². The Kier molecular flexibility index (Phi) is 6.27. The molecule has 1 aliphatic rings. The number of ketones is 1. The first-order valence-electron chi connectivity index (χ1n) is 10.6. The van der Waals surface area contributed by atoms with Gasteiger partial charge in [0.05, 0.1) is 38.5 Å². The smallest absolute Gasteiger partial charge is 0.300 e. The first-order chi connectivity index (χ1) is 16.4. The van der Waals surface area contributed by atoms with Crippen molar-refractivity contribution in [2.45, 2.75) is 13.0 Å². The monoisotopic (exact) mass is 459 g/mol. The van der Waals surface area contributed by atoms with Crippen LogP contribution in [0.5, 0.6) is 17.2 Å². The highest BCUT2D eigenvalue weighted by molar-refractivity contribution is 6.51. The molecule has 1 unspecified atom stereocenters. The number of amides is 1. The number of benzene rings is 3. The van der Waals surface area contributed by atoms with Crippen LogP contribution < -0.4 is 19.1 Å². The molecule has 1 saturated heterocycles. The van der Waals surface area contributed by atoms with Crippen molar-refractivity contribution in [2.24, 2.45) is 0 Å². The second kappa shape index (κ2) is 9.31. The summed E-state index contributed by atoms with van der Waals surface area (Å²) in [5, 5.41) is 11.4. The minimum Gasteiger partial charge on any atom is -0.507 e. The quantitative estimate of drug-likeness (QED) is 0.328. The van der Waals surface area contributed by atoms with Crippen molar-refractivity contribution in [3.63, 3.8) is 0 Å². The molecule has 1 aliphatic heterocycles. The largest absolute Gasteiger partial charge is 0.507 e. The summed E-state index contributed by atoms with van der Waals surface area (Å²) in [5.41, 5.74) is 2.40. The summed E-state index contributed by atoms with van der Waals surface area (Å²) >= 11 is 0. The van der Waals surface area contributed by atoms with Crippen LogP contribution in [0.3, 0.4) is 0 Å². The third-order valence-corrected chi connectivity index (χ3v) is 5.82. The molecule has 1 amide bonds. The van der Waals surface area contributed by atoms with E-state index in [1.165, 1.54) is 19.1 Å². The Bertz CT molecular complexity index is 1280. The zero-order valence-corrected chi connectivity index (χ0v) is 19.4. The summed E-state index contributed by atoms with van der Waals surface area (Å²) in [4.78, 5) is 28.0. The molecule has 1 heterocycles. The molecule has 1 N–H and O–H groups in total. The Labute approximate surface area is 197 Å². The van der Waals surface area contributed by atoms with Gasteiger partial charge >= 0.3 is 0 Å². The Morgan fingerprint density at radius 3 is 2.15 bits per heavy atom. The van der Waals surface area contributed by atoms with Crippen LogP contribution in [0, 0.1) is 6.92 Å². The van der Waals surface area contributed by atoms with E-state index in [9.17, 15) is 14.7 Å². The summed E-state index contributed by atoms with van der Waals surface area (Å²) in [6.45, 7) is 1.91. The molecule has 7 nitrogen and oxygen atoms in total. The lowest BCUT2D eigenvalue weighted by Gasteiger charge is -2.26. The van der Waals surface area contributed by atoms with E-state index in [0.717, 1.165) is 5.56 Å². The number of aliphatic hydroxyl groups excluding tert-OH is 1. The van der Waals surface area contributed by atoms with E-state index in [2.05, 4.69) is 0 Å². The standard InChI is InChI=1S/C27H25NO6/c1-16-6-5-7-18(14-16)28-24(17-8-10-19(32-2)11-9-17)23(26(30)27(28)31)25(29)21-13-12-20(33-3)15-22(21)34-4/h5-15,24,29H,1-4H3/b25-23-. The molecule has 1 fully saturated rings. The van der Waals surface area contributed by atoms with Gasteiger partial charge in [-0.1, -0.05) is 24.3 Å². The van der Waals surface area contributed by atoms with Crippen LogP contribution in [0.2, 0.25) is 0 Å². The molecule has 0 bridgehead atoms. The number of hydrogen-bond donors (Lipinski definition) is 1. The number of carbonyl (C=O) groups is 2. The summed E-state index contributed by atoms with van der Waals surface area (Å²) in [6, 6.07) is 18.4. The fourth-order valence-electron chi connectivity index (χ4n) is 4.12. The molecule has 0 saturated carbocycles. The Morgan fingerprint density at radius 1 is 0.853 bits per heavy atom. The summed E-state index contributed by atoms with van der Waals surface area (Å²) in [5.74, 6) is -0.354. The number of aliphatic hydroxyl groups is 1. The van der Waals surface area contributed by atoms with E-state index in [-0.39, 0.29) is 16.9 Å². The lowest BCUT2D eigenvalue weighted by atomic mass is 9.94. The topological polar surface area (TPSA) is 85.3 Å². The van der Waals surface area contributed by atoms with Crippen molar-refractivity contribution in [1.29, 1.82) is 0 Å². The van der Waals surface area contributed by atoms with Gasteiger partial charge in [-0.05, 0) is 54.4 Å². The number of anilines is 1. The molecule has 0 radical (unpaired) electrons. The average Bonchev–Trinajstić information content (AvgIpc) is 3.13. The highest BCUT2D eigenvalue weighted by Gasteiger charge is 2.47. The van der Waals surface area contributed by atoms with E-state index in [4.69, 9.17) is 14.2 Å². The number of methoxy groups -OCH3 is 3. The minimum atomic E-state index is -0.848. The van der Waals surface area contributed by atoms with Crippen LogP contribution >= 0.6 is 0 Å². The molecule has 174 valence electrons. The summed E-state index contributed by atoms with van der Waals surface area (Å²) < 4.78 is 15.9. The maximum absolute atomic E-state index is 13.3. The highest BCUT2D eigenvalue weighted by Crippen LogP contribution is 2.44. The maximum Gasteiger partial charge on any atom is 0.300 e. The molecular weight excluding hydrogens is 434 g/mol. The van der Waals surface area contributed by atoms with E-state index in [1.54, 1.807) is 55.6 Å². The predicted molar refractivity (Wildman–Crippen MR) is 129 cm³/mol. The maximum atomic E-state index is 13.3. The van der Waals surface area contributed by atoms with Gasteiger partial charge in [0.2, 0.25) is 0 Å². The molecule has 7 heteroatoms. The van der Waals surface area contributed by atoms with Gasteiger partial charge in [0, 0.05) is 11.8 Å². The fraction of sp³-hybridized carbons (Fsp3) is 0.185. The Morgan fingerprint density at radius 2 is 1.53 bits per heavy atom. The molecule has 34 heavy (non-hydrogen) atoms. The summed E-state index contributed by atoms with van der Waals surface area (Å²) in [6.07, 6.45) is 0. The Balaban J connectivity index is 1.96. The van der Waals surface area contributed by atoms with Gasteiger partial charge < -0.3 is 19.3 Å². The molecule has 0 aliphatic carbocycles. The van der Waals surface area contributed by atoms with Gasteiger partial charge in [-0.3, -0.25) is 14.5 Å². The van der Waals surface area contributed by atoms with Gasteiger partial charge in [0.1, 0.15) is 23.0 Å². The van der Waals surface area contributed by atoms with Crippen molar-refractivity contribution in [3.8, 4) is 17.2 Å². The lowest BCUT2D eigenvalue weighted by Crippen LogP contribution is -2.29. The van der Waals surface area contributed by atoms with Crippen molar-refractivity contribution < 1.29 is 28.9 Å². The van der Waals surface area contributed by atoms with Gasteiger partial charge in [0.25, 0.3) is 11.7 Å². The third kappa shape index (κ3) is 3.96. The molecule has 0 aromatic heterocycles. The second-order valence-electron chi connectivity index (χ2n) is 7.85. The van der Waals surface area contributed by atoms with Crippen molar-refractivity contribution >= 4 is 23.1 Å². The van der Waals surface area contributed by atoms with Crippen LogP contribution in [0.15, 0.2) is 72.3 Å². The molecule has 3 aromatic rings. The molecule has 0 spiro atoms. The van der Waals surface area contributed by atoms with E-state index in [0.29, 0.717) is 28.5 Å². The van der Waals surface area contributed by atoms with Crippen LogP contribution in [0.4, 0.5) is 5.69 Å². The number of nitrogens with zero attached hydrogens (tertiary/aromatic N) is 1. The zero-order chi connectivity index (χ0) is 24.4. The molecule has 3 aromatic carbocycles. The zero-order valence-electron chi connectivity index (χ0n) is 19.4. The fourth-order valence-corrected chi connectivity index (χ4v) is 4.12. The van der Waals surface area contributed by atoms with E-state index in [1.807, 2.05) is 25.1 Å². The number of Topliss-reactive ketones (excluding diaryl/α,β-unsaturated/α-hetero) is 1. The van der Waals surface area contributed by atoms with Gasteiger partial charge in [-0.25, -0.2) is 0 Å². The minimum absolute atomic E-state index is 0.0276. The number of rotatable bonds is 6. The number of carbonyl (C=O) groups excluding carboxylic acids is 2. The van der Waals surface area contributed by atoms with Crippen molar-refractivity contribution in [3.05, 3.63) is 89.0 Å². The predicted octanol–water partition coefficient (Wildman–Crippen LogP) is 4.65. The van der Waals surface area contributed by atoms with Gasteiger partial charge in [-0.15, -0.1) is 0 Å². The van der Waals surface area contributed by atoms with Crippen LogP contribution in [-0.4, -0.2) is 38.1 Å². The first kappa shape index (κ1) is 22.9. The molecular formula is C27H25NO6.